The Bertz CT molecular complexity index is 1010. The van der Waals surface area contributed by atoms with Crippen molar-refractivity contribution in [2.24, 2.45) is 0 Å². The summed E-state index contributed by atoms with van der Waals surface area (Å²) in [5, 5.41) is 36.1. The lowest BCUT2D eigenvalue weighted by molar-refractivity contribution is 0.0651. The largest absolute Gasteiger partial charge is 0.478 e. The highest BCUT2D eigenvalue weighted by Gasteiger charge is 2.16. The molecule has 8 heteroatoms. The highest BCUT2D eigenvalue weighted by molar-refractivity contribution is 6.02. The number of hydrogen-bond acceptors (Lipinski definition) is 4. The van der Waals surface area contributed by atoms with Crippen molar-refractivity contribution < 1.29 is 39.6 Å². The maximum Gasteiger partial charge on any atom is 0.336 e. The lowest BCUT2D eigenvalue weighted by atomic mass is 10.0. The van der Waals surface area contributed by atoms with Gasteiger partial charge >= 0.3 is 23.9 Å². The fourth-order valence-electron chi connectivity index (χ4n) is 2.09. The molecule has 0 spiro atoms. The second kappa shape index (κ2) is 7.19. The molecule has 0 aromatic heterocycles. The number of hydrogen-bond donors (Lipinski definition) is 4. The van der Waals surface area contributed by atoms with E-state index in [2.05, 4.69) is 11.8 Å². The number of rotatable bonds is 4. The van der Waals surface area contributed by atoms with Crippen LogP contribution in [0.4, 0.5) is 0 Å². The zero-order chi connectivity index (χ0) is 19.4. The summed E-state index contributed by atoms with van der Waals surface area (Å²) in [6.07, 6.45) is 0. The highest BCUT2D eigenvalue weighted by Crippen LogP contribution is 2.14. The van der Waals surface area contributed by atoms with Crippen molar-refractivity contribution in [1.29, 1.82) is 0 Å². The lowest BCUT2D eigenvalue weighted by Gasteiger charge is -2.02. The van der Waals surface area contributed by atoms with Crippen LogP contribution in [-0.2, 0) is 0 Å². The standard InChI is InChI=1S/C18H10O8/c19-15(20)11-5-4-10(13(8-11)17(23)24)3-1-9-2-6-12(16(21)22)14(7-9)18(25)26/h2,4-8H,(H,19,20)(H,21,22)(H,23,24)(H,25,26). The number of benzene rings is 2. The second-order valence-electron chi connectivity index (χ2n) is 4.99. The zero-order valence-electron chi connectivity index (χ0n) is 12.9. The van der Waals surface area contributed by atoms with Gasteiger partial charge in [-0.15, -0.1) is 0 Å². The van der Waals surface area contributed by atoms with Crippen molar-refractivity contribution in [3.8, 4) is 11.8 Å². The Morgan fingerprint density at radius 3 is 1.77 bits per heavy atom. The van der Waals surface area contributed by atoms with Crippen LogP contribution in [0.2, 0.25) is 0 Å². The minimum Gasteiger partial charge on any atom is -0.478 e. The smallest absolute Gasteiger partial charge is 0.336 e. The molecule has 0 heterocycles. The van der Waals surface area contributed by atoms with Crippen LogP contribution in [0.25, 0.3) is 0 Å². The van der Waals surface area contributed by atoms with Gasteiger partial charge in [-0.25, -0.2) is 19.2 Å². The van der Waals surface area contributed by atoms with Crippen LogP contribution < -0.4 is 0 Å². The van der Waals surface area contributed by atoms with Crippen molar-refractivity contribution in [2.75, 3.05) is 0 Å². The fraction of sp³-hybridized carbons (Fsp3) is 0. The van der Waals surface area contributed by atoms with E-state index in [-0.39, 0.29) is 22.3 Å². The van der Waals surface area contributed by atoms with E-state index >= 15 is 0 Å². The van der Waals surface area contributed by atoms with Gasteiger partial charge in [-0.1, -0.05) is 11.8 Å². The summed E-state index contributed by atoms with van der Waals surface area (Å²) < 4.78 is 0. The monoisotopic (exact) mass is 354 g/mol. The van der Waals surface area contributed by atoms with Gasteiger partial charge in [0, 0.05) is 11.1 Å². The summed E-state index contributed by atoms with van der Waals surface area (Å²) in [5.41, 5.74) is -1.21. The summed E-state index contributed by atoms with van der Waals surface area (Å²) in [7, 11) is 0. The van der Waals surface area contributed by atoms with E-state index in [4.69, 9.17) is 15.3 Å². The average molecular weight is 354 g/mol. The third-order valence-corrected chi connectivity index (χ3v) is 3.32. The third kappa shape index (κ3) is 3.85. The molecule has 0 aliphatic rings. The molecule has 2 aromatic rings. The van der Waals surface area contributed by atoms with Gasteiger partial charge in [0.1, 0.15) is 0 Å². The summed E-state index contributed by atoms with van der Waals surface area (Å²) in [4.78, 5) is 44.4. The van der Waals surface area contributed by atoms with Crippen LogP contribution in [0.3, 0.4) is 0 Å². The van der Waals surface area contributed by atoms with Crippen LogP contribution in [0.5, 0.6) is 0 Å². The fourth-order valence-corrected chi connectivity index (χ4v) is 2.09. The summed E-state index contributed by atoms with van der Waals surface area (Å²) in [6.45, 7) is 0. The Kier molecular flexibility index (Phi) is 5.04. The topological polar surface area (TPSA) is 149 Å². The van der Waals surface area contributed by atoms with Crippen molar-refractivity contribution in [1.82, 2.24) is 0 Å². The molecular formula is C18H10O8. The van der Waals surface area contributed by atoms with Gasteiger partial charge in [-0.2, -0.15) is 0 Å². The van der Waals surface area contributed by atoms with E-state index in [9.17, 15) is 24.3 Å². The van der Waals surface area contributed by atoms with Crippen LogP contribution in [0, 0.1) is 11.8 Å². The SMILES string of the molecule is O=C(O)c1ccc(C#Cc2ccc(C(=O)O)c(C(=O)O)c2)c(C(=O)O)c1. The number of carbonyl (C=O) groups is 4. The first-order valence-corrected chi connectivity index (χ1v) is 6.94. The molecule has 0 atom stereocenters. The van der Waals surface area contributed by atoms with Gasteiger partial charge in [0.2, 0.25) is 0 Å². The maximum absolute atomic E-state index is 11.3. The molecule has 0 bridgehead atoms. The van der Waals surface area contributed by atoms with Crippen LogP contribution in [-0.4, -0.2) is 44.3 Å². The third-order valence-electron chi connectivity index (χ3n) is 3.32. The molecule has 0 aliphatic carbocycles. The van der Waals surface area contributed by atoms with Crippen LogP contribution in [0.15, 0.2) is 36.4 Å². The van der Waals surface area contributed by atoms with Crippen LogP contribution in [0.1, 0.15) is 52.6 Å². The normalized spacial score (nSPS) is 9.69. The molecule has 0 unspecified atom stereocenters. The van der Waals surface area contributed by atoms with Crippen molar-refractivity contribution >= 4 is 23.9 Å². The number of carboxylic acid groups (broad SMARTS) is 4. The number of aromatic carboxylic acids is 4. The Morgan fingerprint density at radius 2 is 1.23 bits per heavy atom. The summed E-state index contributed by atoms with van der Waals surface area (Å²) in [5.74, 6) is -0.428. The Balaban J connectivity index is 2.51. The van der Waals surface area contributed by atoms with Gasteiger partial charge in [-0.3, -0.25) is 0 Å². The minimum absolute atomic E-state index is 0.0293. The molecule has 130 valence electrons. The van der Waals surface area contributed by atoms with Crippen molar-refractivity contribution in [3.05, 3.63) is 69.8 Å². The van der Waals surface area contributed by atoms with E-state index in [1.165, 1.54) is 18.2 Å². The zero-order valence-corrected chi connectivity index (χ0v) is 12.9. The van der Waals surface area contributed by atoms with Gasteiger partial charge in [0.25, 0.3) is 0 Å². The molecule has 2 rings (SSSR count). The van der Waals surface area contributed by atoms with Gasteiger partial charge in [-0.05, 0) is 36.4 Å². The molecule has 8 nitrogen and oxygen atoms in total. The predicted octanol–water partition coefficient (Wildman–Crippen LogP) is 1.88. The molecule has 0 saturated carbocycles. The lowest BCUT2D eigenvalue weighted by Crippen LogP contribution is -2.08. The van der Waals surface area contributed by atoms with E-state index in [1.807, 2.05) is 0 Å². The molecule has 0 radical (unpaired) electrons. The minimum atomic E-state index is -1.44. The molecule has 0 saturated heterocycles. The van der Waals surface area contributed by atoms with E-state index < -0.39 is 35.0 Å². The van der Waals surface area contributed by atoms with Gasteiger partial charge in [0.15, 0.2) is 0 Å². The molecule has 26 heavy (non-hydrogen) atoms. The van der Waals surface area contributed by atoms with Gasteiger partial charge < -0.3 is 20.4 Å². The summed E-state index contributed by atoms with van der Waals surface area (Å²) in [6, 6.07) is 6.81. The van der Waals surface area contributed by atoms with E-state index in [0.717, 1.165) is 18.2 Å². The first-order valence-electron chi connectivity index (χ1n) is 6.94. The molecule has 0 fully saturated rings. The summed E-state index contributed by atoms with van der Waals surface area (Å²) >= 11 is 0. The second-order valence-corrected chi connectivity index (χ2v) is 4.99. The molecule has 0 amide bonds. The first-order chi connectivity index (χ1) is 12.2. The average Bonchev–Trinajstić information content (AvgIpc) is 2.59. The van der Waals surface area contributed by atoms with E-state index in [1.54, 1.807) is 0 Å². The first kappa shape index (κ1) is 18.2. The molecule has 0 aliphatic heterocycles. The van der Waals surface area contributed by atoms with Gasteiger partial charge in [0.05, 0.1) is 22.3 Å². The molecule has 4 N–H and O–H groups in total. The Morgan fingerprint density at radius 1 is 0.615 bits per heavy atom. The highest BCUT2D eigenvalue weighted by atomic mass is 16.4. The quantitative estimate of drug-likeness (QED) is 0.608. The molecular weight excluding hydrogens is 344 g/mol. The Hall–Kier alpha value is -4.12. The Labute approximate surface area is 146 Å². The van der Waals surface area contributed by atoms with Crippen molar-refractivity contribution in [3.63, 3.8) is 0 Å². The number of carboxylic acids is 4. The van der Waals surface area contributed by atoms with Crippen LogP contribution >= 0.6 is 0 Å². The van der Waals surface area contributed by atoms with E-state index in [0.29, 0.717) is 0 Å². The molecule has 2 aromatic carbocycles. The maximum atomic E-state index is 11.3. The van der Waals surface area contributed by atoms with Crippen molar-refractivity contribution in [2.45, 2.75) is 0 Å². The predicted molar refractivity (Wildman–Crippen MR) is 86.7 cm³/mol.